The summed E-state index contributed by atoms with van der Waals surface area (Å²) in [6, 6.07) is 6.37. The average molecular weight is 303 g/mol. The van der Waals surface area contributed by atoms with Crippen molar-refractivity contribution in [3.8, 4) is 0 Å². The molecule has 2 aromatic rings. The summed E-state index contributed by atoms with van der Waals surface area (Å²) in [4.78, 5) is 6.62. The summed E-state index contributed by atoms with van der Waals surface area (Å²) in [6.07, 6.45) is 2.45. The first-order chi connectivity index (χ1) is 10.7. The van der Waals surface area contributed by atoms with Gasteiger partial charge in [-0.2, -0.15) is 4.98 Å². The number of aromatic nitrogens is 2. The highest BCUT2D eigenvalue weighted by Gasteiger charge is 2.37. The largest absolute Gasteiger partial charge is 0.392 e. The molecule has 6 heteroatoms. The summed E-state index contributed by atoms with van der Waals surface area (Å²) in [5.41, 5.74) is 1.00. The molecule has 0 unspecified atom stereocenters. The molecular weight excluding hydrogens is 285 g/mol. The maximum absolute atomic E-state index is 13.0. The fourth-order valence-electron chi connectivity index (χ4n) is 3.03. The number of aliphatic hydroxyl groups excluding tert-OH is 1. The summed E-state index contributed by atoms with van der Waals surface area (Å²) in [7, 11) is 0. The molecule has 1 aliphatic carbocycles. The Balaban J connectivity index is 1.52. The predicted octanol–water partition coefficient (Wildman–Crippen LogP) is 2.39. The van der Waals surface area contributed by atoms with E-state index in [0.29, 0.717) is 31.3 Å². The molecular formula is C16H18FN3O2. The number of hydrogen-bond donors (Lipinski definition) is 1. The van der Waals surface area contributed by atoms with Gasteiger partial charge in [0.25, 0.3) is 0 Å². The zero-order chi connectivity index (χ0) is 15.1. The highest BCUT2D eigenvalue weighted by Crippen LogP contribution is 2.40. The molecule has 5 nitrogen and oxygen atoms in total. The Labute approximate surface area is 127 Å². The SMILES string of the molecule is O[C@@H]1C[C@@H](c2nc(C3CC3)no2)N(Cc2ccc(F)cc2)C1. The minimum Gasteiger partial charge on any atom is -0.392 e. The van der Waals surface area contributed by atoms with E-state index in [0.717, 1.165) is 24.2 Å². The van der Waals surface area contributed by atoms with Gasteiger partial charge in [-0.25, -0.2) is 4.39 Å². The Morgan fingerprint density at radius 1 is 1.27 bits per heavy atom. The smallest absolute Gasteiger partial charge is 0.244 e. The molecule has 1 saturated carbocycles. The molecule has 1 aliphatic heterocycles. The second-order valence-corrected chi connectivity index (χ2v) is 6.23. The predicted molar refractivity (Wildman–Crippen MR) is 76.4 cm³/mol. The minimum absolute atomic E-state index is 0.0694. The van der Waals surface area contributed by atoms with E-state index in [2.05, 4.69) is 15.0 Å². The fourth-order valence-corrected chi connectivity index (χ4v) is 3.03. The van der Waals surface area contributed by atoms with Crippen LogP contribution in [0.5, 0.6) is 0 Å². The summed E-state index contributed by atoms with van der Waals surface area (Å²) in [5.74, 6) is 1.58. The number of β-amino-alcohol motifs (C(OH)–C–C–N with tert-alkyl or cyclic N) is 1. The first-order valence-corrected chi connectivity index (χ1v) is 7.69. The van der Waals surface area contributed by atoms with Crippen LogP contribution in [0.25, 0.3) is 0 Å². The van der Waals surface area contributed by atoms with Crippen LogP contribution in [-0.4, -0.2) is 32.8 Å². The summed E-state index contributed by atoms with van der Waals surface area (Å²) >= 11 is 0. The van der Waals surface area contributed by atoms with Crippen molar-refractivity contribution in [1.29, 1.82) is 0 Å². The van der Waals surface area contributed by atoms with Crippen LogP contribution in [0.2, 0.25) is 0 Å². The molecule has 0 amide bonds. The lowest BCUT2D eigenvalue weighted by Gasteiger charge is -2.21. The number of hydrogen-bond acceptors (Lipinski definition) is 5. The van der Waals surface area contributed by atoms with Gasteiger partial charge in [-0.3, -0.25) is 4.90 Å². The number of halogens is 1. The molecule has 2 atom stereocenters. The van der Waals surface area contributed by atoms with Crippen molar-refractivity contribution in [3.05, 3.63) is 47.4 Å². The van der Waals surface area contributed by atoms with E-state index in [1.54, 1.807) is 12.1 Å². The number of aliphatic hydroxyl groups is 1. The normalized spacial score (nSPS) is 25.7. The second kappa shape index (κ2) is 5.44. The van der Waals surface area contributed by atoms with Crippen molar-refractivity contribution in [3.63, 3.8) is 0 Å². The quantitative estimate of drug-likeness (QED) is 0.939. The average Bonchev–Trinajstić information content (AvgIpc) is 3.12. The van der Waals surface area contributed by atoms with Crippen LogP contribution < -0.4 is 0 Å². The van der Waals surface area contributed by atoms with Crippen LogP contribution in [0, 0.1) is 5.82 Å². The topological polar surface area (TPSA) is 62.4 Å². The van der Waals surface area contributed by atoms with E-state index in [1.165, 1.54) is 12.1 Å². The van der Waals surface area contributed by atoms with Crippen molar-refractivity contribution in [2.24, 2.45) is 0 Å². The lowest BCUT2D eigenvalue weighted by molar-refractivity contribution is 0.169. The van der Waals surface area contributed by atoms with Gasteiger partial charge >= 0.3 is 0 Å². The van der Waals surface area contributed by atoms with Crippen molar-refractivity contribution in [1.82, 2.24) is 15.0 Å². The summed E-state index contributed by atoms with van der Waals surface area (Å²) in [5, 5.41) is 14.0. The van der Waals surface area contributed by atoms with Gasteiger partial charge in [0.15, 0.2) is 5.82 Å². The number of nitrogens with zero attached hydrogens (tertiary/aromatic N) is 3. The molecule has 1 N–H and O–H groups in total. The Bertz CT molecular complexity index is 654. The van der Waals surface area contributed by atoms with Gasteiger partial charge in [-0.05, 0) is 37.0 Å². The molecule has 2 heterocycles. The Morgan fingerprint density at radius 2 is 2.05 bits per heavy atom. The number of benzene rings is 1. The van der Waals surface area contributed by atoms with Gasteiger partial charge in [0.2, 0.25) is 5.89 Å². The van der Waals surface area contributed by atoms with Crippen LogP contribution in [0.15, 0.2) is 28.8 Å². The Hall–Kier alpha value is -1.79. The maximum atomic E-state index is 13.0. The molecule has 0 bridgehead atoms. The van der Waals surface area contributed by atoms with Gasteiger partial charge in [0.1, 0.15) is 5.82 Å². The molecule has 1 aromatic heterocycles. The third-order valence-corrected chi connectivity index (χ3v) is 4.37. The van der Waals surface area contributed by atoms with E-state index in [4.69, 9.17) is 4.52 Å². The molecule has 2 fully saturated rings. The third kappa shape index (κ3) is 2.76. The molecule has 4 rings (SSSR count). The summed E-state index contributed by atoms with van der Waals surface area (Å²) in [6.45, 7) is 1.19. The van der Waals surface area contributed by atoms with Crippen molar-refractivity contribution >= 4 is 0 Å². The number of likely N-dealkylation sites (tertiary alicyclic amines) is 1. The zero-order valence-electron chi connectivity index (χ0n) is 12.2. The van der Waals surface area contributed by atoms with E-state index >= 15 is 0 Å². The monoisotopic (exact) mass is 303 g/mol. The molecule has 2 aliphatic rings. The Morgan fingerprint density at radius 3 is 2.77 bits per heavy atom. The van der Waals surface area contributed by atoms with E-state index in [1.807, 2.05) is 0 Å². The first kappa shape index (κ1) is 13.8. The van der Waals surface area contributed by atoms with Crippen LogP contribution in [0.1, 0.15) is 48.5 Å². The molecule has 0 spiro atoms. The standard InChI is InChI=1S/C16H18FN3O2/c17-12-5-1-10(2-6-12)8-20-9-13(21)7-14(20)16-18-15(19-22-16)11-3-4-11/h1-2,5-6,11,13-14,21H,3-4,7-9H2/t13-,14+/m1/s1. The van der Waals surface area contributed by atoms with Crippen LogP contribution in [-0.2, 0) is 6.54 Å². The number of rotatable bonds is 4. The second-order valence-electron chi connectivity index (χ2n) is 6.23. The van der Waals surface area contributed by atoms with E-state index in [-0.39, 0.29) is 11.9 Å². The molecule has 116 valence electrons. The molecule has 22 heavy (non-hydrogen) atoms. The maximum Gasteiger partial charge on any atom is 0.244 e. The molecule has 1 saturated heterocycles. The van der Waals surface area contributed by atoms with E-state index in [9.17, 15) is 9.50 Å². The van der Waals surface area contributed by atoms with E-state index < -0.39 is 6.10 Å². The highest BCUT2D eigenvalue weighted by atomic mass is 19.1. The van der Waals surface area contributed by atoms with Gasteiger partial charge < -0.3 is 9.63 Å². The van der Waals surface area contributed by atoms with Gasteiger partial charge in [-0.15, -0.1) is 0 Å². The summed E-state index contributed by atoms with van der Waals surface area (Å²) < 4.78 is 18.4. The van der Waals surface area contributed by atoms with Gasteiger partial charge in [0.05, 0.1) is 12.1 Å². The third-order valence-electron chi connectivity index (χ3n) is 4.37. The zero-order valence-corrected chi connectivity index (χ0v) is 12.2. The highest BCUT2D eigenvalue weighted by molar-refractivity contribution is 5.17. The van der Waals surface area contributed by atoms with Crippen LogP contribution >= 0.6 is 0 Å². The fraction of sp³-hybridized carbons (Fsp3) is 0.500. The molecule has 1 aromatic carbocycles. The Kier molecular flexibility index (Phi) is 3.43. The van der Waals surface area contributed by atoms with Gasteiger partial charge in [0, 0.05) is 19.0 Å². The van der Waals surface area contributed by atoms with Crippen LogP contribution in [0.4, 0.5) is 4.39 Å². The lowest BCUT2D eigenvalue weighted by Crippen LogP contribution is -2.24. The van der Waals surface area contributed by atoms with Crippen molar-refractivity contribution in [2.45, 2.75) is 43.9 Å². The van der Waals surface area contributed by atoms with Crippen molar-refractivity contribution in [2.75, 3.05) is 6.54 Å². The van der Waals surface area contributed by atoms with Crippen molar-refractivity contribution < 1.29 is 14.0 Å². The molecule has 0 radical (unpaired) electrons. The first-order valence-electron chi connectivity index (χ1n) is 7.69. The van der Waals surface area contributed by atoms with Crippen LogP contribution in [0.3, 0.4) is 0 Å². The van der Waals surface area contributed by atoms with Gasteiger partial charge in [-0.1, -0.05) is 17.3 Å². The minimum atomic E-state index is -0.401. The lowest BCUT2D eigenvalue weighted by atomic mass is 10.1.